The van der Waals surface area contributed by atoms with Gasteiger partial charge in [0, 0.05) is 11.6 Å². The molecule has 1 heterocycles. The number of hydrogen-bond donors (Lipinski definition) is 2. The third-order valence-corrected chi connectivity index (χ3v) is 3.32. The van der Waals surface area contributed by atoms with E-state index >= 15 is 0 Å². The quantitative estimate of drug-likeness (QED) is 0.879. The first-order valence-corrected chi connectivity index (χ1v) is 6.84. The Kier molecular flexibility index (Phi) is 3.58. The van der Waals surface area contributed by atoms with Crippen molar-refractivity contribution in [2.24, 2.45) is 0 Å². The molecule has 110 valence electrons. The SMILES string of the molecule is C[C@H](NC(=O)c1cc(C2CC2)n(C(C)(C)C)n1)C(=O)O. The Labute approximate surface area is 118 Å². The molecule has 1 amide bonds. The maximum atomic E-state index is 12.0. The highest BCUT2D eigenvalue weighted by molar-refractivity contribution is 5.95. The van der Waals surface area contributed by atoms with Gasteiger partial charge in [-0.05, 0) is 46.6 Å². The van der Waals surface area contributed by atoms with E-state index in [4.69, 9.17) is 5.11 Å². The maximum absolute atomic E-state index is 12.0. The van der Waals surface area contributed by atoms with Crippen LogP contribution in [0.3, 0.4) is 0 Å². The number of nitrogens with one attached hydrogen (secondary N) is 1. The van der Waals surface area contributed by atoms with Crippen LogP contribution in [0.2, 0.25) is 0 Å². The minimum atomic E-state index is -1.06. The number of amides is 1. The van der Waals surface area contributed by atoms with Gasteiger partial charge in [0.25, 0.3) is 5.91 Å². The van der Waals surface area contributed by atoms with E-state index in [0.29, 0.717) is 5.92 Å². The largest absolute Gasteiger partial charge is 0.480 e. The predicted molar refractivity (Wildman–Crippen MR) is 73.8 cm³/mol. The van der Waals surface area contributed by atoms with Crippen LogP contribution in [0.4, 0.5) is 0 Å². The Bertz CT molecular complexity index is 538. The summed E-state index contributed by atoms with van der Waals surface area (Å²) in [6.07, 6.45) is 2.24. The number of carbonyl (C=O) groups excluding carboxylic acids is 1. The van der Waals surface area contributed by atoms with Gasteiger partial charge in [0.05, 0.1) is 5.54 Å². The molecule has 6 heteroatoms. The fraction of sp³-hybridized carbons (Fsp3) is 0.643. The van der Waals surface area contributed by atoms with Gasteiger partial charge in [-0.2, -0.15) is 5.10 Å². The summed E-state index contributed by atoms with van der Waals surface area (Å²) in [5, 5.41) is 15.6. The second kappa shape index (κ2) is 4.92. The Morgan fingerprint density at radius 2 is 2.05 bits per heavy atom. The zero-order valence-corrected chi connectivity index (χ0v) is 12.3. The molecular weight excluding hydrogens is 258 g/mol. The highest BCUT2D eigenvalue weighted by atomic mass is 16.4. The molecular formula is C14H21N3O3. The van der Waals surface area contributed by atoms with Crippen LogP contribution in [-0.2, 0) is 10.3 Å². The van der Waals surface area contributed by atoms with Crippen molar-refractivity contribution in [3.05, 3.63) is 17.5 Å². The Hall–Kier alpha value is -1.85. The van der Waals surface area contributed by atoms with Gasteiger partial charge in [-0.25, -0.2) is 0 Å². The summed E-state index contributed by atoms with van der Waals surface area (Å²) in [6.45, 7) is 7.54. The molecule has 1 saturated carbocycles. The molecule has 1 aliphatic rings. The minimum Gasteiger partial charge on any atom is -0.480 e. The number of carboxylic acid groups (broad SMARTS) is 1. The number of carbonyl (C=O) groups is 2. The van der Waals surface area contributed by atoms with Crippen LogP contribution in [0.25, 0.3) is 0 Å². The van der Waals surface area contributed by atoms with Crippen molar-refractivity contribution in [1.29, 1.82) is 0 Å². The first-order valence-electron chi connectivity index (χ1n) is 6.84. The lowest BCUT2D eigenvalue weighted by Crippen LogP contribution is -2.38. The van der Waals surface area contributed by atoms with E-state index in [9.17, 15) is 9.59 Å². The van der Waals surface area contributed by atoms with Crippen LogP contribution in [-0.4, -0.2) is 32.8 Å². The van der Waals surface area contributed by atoms with E-state index in [-0.39, 0.29) is 11.2 Å². The van der Waals surface area contributed by atoms with Gasteiger partial charge in [-0.15, -0.1) is 0 Å². The van der Waals surface area contributed by atoms with Gasteiger partial charge in [0.2, 0.25) is 0 Å². The molecule has 0 bridgehead atoms. The second-order valence-corrected chi connectivity index (χ2v) is 6.34. The smallest absolute Gasteiger partial charge is 0.325 e. The molecule has 1 aromatic heterocycles. The lowest BCUT2D eigenvalue weighted by atomic mass is 10.1. The molecule has 0 spiro atoms. The summed E-state index contributed by atoms with van der Waals surface area (Å²) >= 11 is 0. The van der Waals surface area contributed by atoms with Crippen LogP contribution >= 0.6 is 0 Å². The summed E-state index contributed by atoms with van der Waals surface area (Å²) in [5.74, 6) is -1.03. The maximum Gasteiger partial charge on any atom is 0.325 e. The summed E-state index contributed by atoms with van der Waals surface area (Å²) in [5.41, 5.74) is 1.15. The molecule has 0 aliphatic heterocycles. The molecule has 0 radical (unpaired) electrons. The molecule has 1 aliphatic carbocycles. The van der Waals surface area contributed by atoms with E-state index in [1.807, 2.05) is 25.5 Å². The highest BCUT2D eigenvalue weighted by Crippen LogP contribution is 2.41. The van der Waals surface area contributed by atoms with Gasteiger partial charge in [-0.1, -0.05) is 0 Å². The molecule has 1 fully saturated rings. The monoisotopic (exact) mass is 279 g/mol. The molecule has 1 aromatic rings. The van der Waals surface area contributed by atoms with Gasteiger partial charge in [0.1, 0.15) is 11.7 Å². The molecule has 20 heavy (non-hydrogen) atoms. The van der Waals surface area contributed by atoms with Gasteiger partial charge in [0.15, 0.2) is 0 Å². The Balaban J connectivity index is 2.25. The van der Waals surface area contributed by atoms with Gasteiger partial charge >= 0.3 is 5.97 Å². The topological polar surface area (TPSA) is 84.2 Å². The summed E-state index contributed by atoms with van der Waals surface area (Å²) in [4.78, 5) is 22.8. The standard InChI is InChI=1S/C14H21N3O3/c1-8(13(19)20)15-12(18)10-7-11(9-5-6-9)17(16-10)14(2,3)4/h7-9H,5-6H2,1-4H3,(H,15,18)(H,19,20)/t8-/m0/s1. The van der Waals surface area contributed by atoms with Crippen LogP contribution < -0.4 is 5.32 Å². The van der Waals surface area contributed by atoms with E-state index in [0.717, 1.165) is 18.5 Å². The van der Waals surface area contributed by atoms with Crippen molar-refractivity contribution in [2.45, 2.75) is 58.0 Å². The first kappa shape index (κ1) is 14.6. The average molecular weight is 279 g/mol. The zero-order valence-electron chi connectivity index (χ0n) is 12.3. The first-order chi connectivity index (χ1) is 9.20. The molecule has 6 nitrogen and oxygen atoms in total. The normalized spacial score (nSPS) is 16.8. The van der Waals surface area contributed by atoms with Crippen molar-refractivity contribution in [2.75, 3.05) is 0 Å². The van der Waals surface area contributed by atoms with E-state index in [2.05, 4.69) is 10.4 Å². The van der Waals surface area contributed by atoms with Crippen LogP contribution in [0.5, 0.6) is 0 Å². The van der Waals surface area contributed by atoms with Crippen LogP contribution in [0.1, 0.15) is 62.6 Å². The summed E-state index contributed by atoms with van der Waals surface area (Å²) in [7, 11) is 0. The Morgan fingerprint density at radius 1 is 1.45 bits per heavy atom. The van der Waals surface area contributed by atoms with Gasteiger partial charge < -0.3 is 10.4 Å². The molecule has 1 atom stereocenters. The van der Waals surface area contributed by atoms with Crippen LogP contribution in [0.15, 0.2) is 6.07 Å². The predicted octanol–water partition coefficient (Wildman–Crippen LogP) is 1.72. The zero-order chi connectivity index (χ0) is 15.1. The number of hydrogen-bond acceptors (Lipinski definition) is 3. The van der Waals surface area contributed by atoms with Crippen molar-refractivity contribution in [3.8, 4) is 0 Å². The molecule has 0 saturated heterocycles. The van der Waals surface area contributed by atoms with Crippen molar-refractivity contribution >= 4 is 11.9 Å². The van der Waals surface area contributed by atoms with Gasteiger partial charge in [-0.3, -0.25) is 14.3 Å². The fourth-order valence-corrected chi connectivity index (χ4v) is 2.05. The molecule has 0 unspecified atom stereocenters. The molecule has 2 N–H and O–H groups in total. The highest BCUT2D eigenvalue weighted by Gasteiger charge is 2.32. The average Bonchev–Trinajstić information content (AvgIpc) is 3.05. The third kappa shape index (κ3) is 3.00. The fourth-order valence-electron chi connectivity index (χ4n) is 2.05. The van der Waals surface area contributed by atoms with Crippen LogP contribution in [0, 0.1) is 0 Å². The number of rotatable bonds is 4. The van der Waals surface area contributed by atoms with Crippen molar-refractivity contribution in [3.63, 3.8) is 0 Å². The van der Waals surface area contributed by atoms with E-state index in [1.165, 1.54) is 6.92 Å². The van der Waals surface area contributed by atoms with Crippen molar-refractivity contribution < 1.29 is 14.7 Å². The van der Waals surface area contributed by atoms with E-state index in [1.54, 1.807) is 6.07 Å². The lowest BCUT2D eigenvalue weighted by molar-refractivity contribution is -0.138. The number of aliphatic carboxylic acids is 1. The number of carboxylic acids is 1. The Morgan fingerprint density at radius 3 is 2.50 bits per heavy atom. The van der Waals surface area contributed by atoms with E-state index < -0.39 is 17.9 Å². The van der Waals surface area contributed by atoms with Crippen molar-refractivity contribution in [1.82, 2.24) is 15.1 Å². The third-order valence-electron chi connectivity index (χ3n) is 3.32. The number of aromatic nitrogens is 2. The lowest BCUT2D eigenvalue weighted by Gasteiger charge is -2.22. The minimum absolute atomic E-state index is 0.200. The summed E-state index contributed by atoms with van der Waals surface area (Å²) < 4.78 is 1.88. The molecule has 2 rings (SSSR count). The summed E-state index contributed by atoms with van der Waals surface area (Å²) in [6, 6.07) is 0.860. The molecule has 0 aromatic carbocycles. The number of nitrogens with zero attached hydrogens (tertiary/aromatic N) is 2. The second-order valence-electron chi connectivity index (χ2n) is 6.34.